The SMILES string of the molecule is CCC1(CNC(=O)c2cc(S)ccc2Cl)CCCC1. The molecule has 1 aromatic carbocycles. The number of carbonyl (C=O) groups is 1. The average molecular weight is 298 g/mol. The maximum absolute atomic E-state index is 12.2. The molecule has 1 aliphatic rings. The van der Waals surface area contributed by atoms with Gasteiger partial charge in [-0.3, -0.25) is 4.79 Å². The van der Waals surface area contributed by atoms with Crippen LogP contribution < -0.4 is 5.32 Å². The number of rotatable bonds is 4. The zero-order valence-electron chi connectivity index (χ0n) is 11.2. The van der Waals surface area contributed by atoms with Crippen molar-refractivity contribution in [2.45, 2.75) is 43.9 Å². The first-order chi connectivity index (χ1) is 9.06. The fourth-order valence-corrected chi connectivity index (χ4v) is 3.24. The fourth-order valence-electron chi connectivity index (χ4n) is 2.83. The van der Waals surface area contributed by atoms with Crippen molar-refractivity contribution in [3.8, 4) is 0 Å². The molecule has 0 bridgehead atoms. The van der Waals surface area contributed by atoms with Crippen LogP contribution in [-0.4, -0.2) is 12.5 Å². The van der Waals surface area contributed by atoms with Crippen LogP contribution in [0.2, 0.25) is 5.02 Å². The number of amides is 1. The van der Waals surface area contributed by atoms with E-state index in [1.807, 2.05) is 0 Å². The summed E-state index contributed by atoms with van der Waals surface area (Å²) in [6.45, 7) is 2.95. The van der Waals surface area contributed by atoms with Gasteiger partial charge in [-0.1, -0.05) is 31.4 Å². The summed E-state index contributed by atoms with van der Waals surface area (Å²) in [6.07, 6.45) is 6.09. The summed E-state index contributed by atoms with van der Waals surface area (Å²) in [7, 11) is 0. The molecule has 1 saturated carbocycles. The molecule has 1 aromatic rings. The molecule has 2 nitrogen and oxygen atoms in total. The second-order valence-electron chi connectivity index (χ2n) is 5.41. The Kier molecular flexibility index (Phi) is 4.80. The molecule has 0 aromatic heterocycles. The van der Waals surface area contributed by atoms with Gasteiger partial charge in [0.05, 0.1) is 10.6 Å². The second kappa shape index (κ2) is 6.19. The lowest BCUT2D eigenvalue weighted by Gasteiger charge is -2.27. The molecule has 1 fully saturated rings. The van der Waals surface area contributed by atoms with E-state index < -0.39 is 0 Å². The van der Waals surface area contributed by atoms with Crippen LogP contribution in [0, 0.1) is 5.41 Å². The van der Waals surface area contributed by atoms with E-state index in [-0.39, 0.29) is 5.91 Å². The zero-order chi connectivity index (χ0) is 13.9. The molecular weight excluding hydrogens is 278 g/mol. The molecule has 0 heterocycles. The van der Waals surface area contributed by atoms with Gasteiger partial charge in [0.25, 0.3) is 5.91 Å². The van der Waals surface area contributed by atoms with Gasteiger partial charge in [0.2, 0.25) is 0 Å². The maximum Gasteiger partial charge on any atom is 0.252 e. The van der Waals surface area contributed by atoms with Crippen LogP contribution >= 0.6 is 24.2 Å². The normalized spacial score (nSPS) is 17.4. The average Bonchev–Trinajstić information content (AvgIpc) is 2.88. The Balaban J connectivity index is 2.03. The maximum atomic E-state index is 12.2. The van der Waals surface area contributed by atoms with Gasteiger partial charge in [0.15, 0.2) is 0 Å². The molecule has 1 amide bonds. The molecule has 0 saturated heterocycles. The van der Waals surface area contributed by atoms with Crippen LogP contribution in [0.1, 0.15) is 49.4 Å². The molecule has 0 radical (unpaired) electrons. The largest absolute Gasteiger partial charge is 0.351 e. The number of nitrogens with one attached hydrogen (secondary N) is 1. The third-order valence-electron chi connectivity index (χ3n) is 4.23. The van der Waals surface area contributed by atoms with Gasteiger partial charge in [-0.15, -0.1) is 12.6 Å². The van der Waals surface area contributed by atoms with E-state index in [1.165, 1.54) is 25.7 Å². The van der Waals surface area contributed by atoms with Crippen molar-refractivity contribution in [1.82, 2.24) is 5.32 Å². The van der Waals surface area contributed by atoms with Crippen LogP contribution in [0.4, 0.5) is 0 Å². The van der Waals surface area contributed by atoms with Gasteiger partial charge >= 0.3 is 0 Å². The topological polar surface area (TPSA) is 29.1 Å². The van der Waals surface area contributed by atoms with Gasteiger partial charge in [0, 0.05) is 11.4 Å². The monoisotopic (exact) mass is 297 g/mol. The van der Waals surface area contributed by atoms with Crippen LogP contribution in [0.3, 0.4) is 0 Å². The van der Waals surface area contributed by atoms with Gasteiger partial charge in [0.1, 0.15) is 0 Å². The van der Waals surface area contributed by atoms with E-state index in [1.54, 1.807) is 18.2 Å². The van der Waals surface area contributed by atoms with Crippen molar-refractivity contribution in [3.05, 3.63) is 28.8 Å². The molecule has 0 spiro atoms. The van der Waals surface area contributed by atoms with Crippen molar-refractivity contribution in [2.75, 3.05) is 6.54 Å². The Morgan fingerprint density at radius 2 is 2.11 bits per heavy atom. The number of halogens is 1. The van der Waals surface area contributed by atoms with Gasteiger partial charge in [-0.25, -0.2) is 0 Å². The van der Waals surface area contributed by atoms with Gasteiger partial charge in [-0.2, -0.15) is 0 Å². The number of carbonyl (C=O) groups excluding carboxylic acids is 1. The number of hydrogen-bond acceptors (Lipinski definition) is 2. The first-order valence-corrected chi connectivity index (χ1v) is 7.65. The molecule has 1 N–H and O–H groups in total. The summed E-state index contributed by atoms with van der Waals surface area (Å²) in [6, 6.07) is 5.21. The van der Waals surface area contributed by atoms with Crippen LogP contribution in [0.25, 0.3) is 0 Å². The van der Waals surface area contributed by atoms with Crippen LogP contribution in [-0.2, 0) is 0 Å². The number of benzene rings is 1. The first-order valence-electron chi connectivity index (χ1n) is 6.83. The predicted octanol–water partition coefficient (Wildman–Crippen LogP) is 4.33. The minimum absolute atomic E-state index is 0.0966. The fraction of sp³-hybridized carbons (Fsp3) is 0.533. The lowest BCUT2D eigenvalue weighted by atomic mass is 9.83. The van der Waals surface area contributed by atoms with Crippen molar-refractivity contribution in [2.24, 2.45) is 5.41 Å². The highest BCUT2D eigenvalue weighted by atomic mass is 35.5. The first kappa shape index (κ1) is 14.7. The highest BCUT2D eigenvalue weighted by Gasteiger charge is 2.32. The second-order valence-corrected chi connectivity index (χ2v) is 6.33. The van der Waals surface area contributed by atoms with E-state index in [4.69, 9.17) is 11.6 Å². The highest BCUT2D eigenvalue weighted by Crippen LogP contribution is 2.40. The lowest BCUT2D eigenvalue weighted by molar-refractivity contribution is 0.0928. The van der Waals surface area contributed by atoms with Crippen LogP contribution in [0.5, 0.6) is 0 Å². The van der Waals surface area contributed by atoms with Gasteiger partial charge < -0.3 is 5.32 Å². The smallest absolute Gasteiger partial charge is 0.252 e. The quantitative estimate of drug-likeness (QED) is 0.796. The Labute approximate surface area is 125 Å². The summed E-state index contributed by atoms with van der Waals surface area (Å²) in [4.78, 5) is 13.0. The summed E-state index contributed by atoms with van der Waals surface area (Å²) >= 11 is 10.3. The molecule has 19 heavy (non-hydrogen) atoms. The van der Waals surface area contributed by atoms with E-state index in [9.17, 15) is 4.79 Å². The Morgan fingerprint density at radius 1 is 1.42 bits per heavy atom. The molecule has 2 rings (SSSR count). The molecule has 0 unspecified atom stereocenters. The van der Waals surface area contributed by atoms with E-state index in [0.29, 0.717) is 16.0 Å². The summed E-state index contributed by atoms with van der Waals surface area (Å²) in [5.74, 6) is -0.0966. The van der Waals surface area contributed by atoms with E-state index in [2.05, 4.69) is 24.9 Å². The molecule has 1 aliphatic carbocycles. The minimum atomic E-state index is -0.0966. The summed E-state index contributed by atoms with van der Waals surface area (Å²) in [5.41, 5.74) is 0.805. The third-order valence-corrected chi connectivity index (χ3v) is 4.84. The molecule has 0 aliphatic heterocycles. The lowest BCUT2D eigenvalue weighted by Crippen LogP contribution is -2.35. The van der Waals surface area contributed by atoms with Crippen LogP contribution in [0.15, 0.2) is 23.1 Å². The van der Waals surface area contributed by atoms with Crippen molar-refractivity contribution in [1.29, 1.82) is 0 Å². The molecule has 0 atom stereocenters. The van der Waals surface area contributed by atoms with E-state index >= 15 is 0 Å². The Bertz CT molecular complexity index is 469. The summed E-state index contributed by atoms with van der Waals surface area (Å²) in [5, 5.41) is 3.52. The summed E-state index contributed by atoms with van der Waals surface area (Å²) < 4.78 is 0. The Morgan fingerprint density at radius 3 is 2.74 bits per heavy atom. The number of thiol groups is 1. The van der Waals surface area contributed by atoms with Crippen molar-refractivity contribution >= 4 is 30.1 Å². The predicted molar refractivity (Wildman–Crippen MR) is 82.2 cm³/mol. The highest BCUT2D eigenvalue weighted by molar-refractivity contribution is 7.80. The third kappa shape index (κ3) is 3.46. The van der Waals surface area contributed by atoms with Gasteiger partial charge in [-0.05, 0) is 42.9 Å². The van der Waals surface area contributed by atoms with Crippen molar-refractivity contribution < 1.29 is 4.79 Å². The zero-order valence-corrected chi connectivity index (χ0v) is 12.9. The minimum Gasteiger partial charge on any atom is -0.351 e. The molecular formula is C15H20ClNOS. The van der Waals surface area contributed by atoms with E-state index in [0.717, 1.165) is 17.9 Å². The Hall–Kier alpha value is -0.670. The van der Waals surface area contributed by atoms with Crippen molar-refractivity contribution in [3.63, 3.8) is 0 Å². The number of hydrogen-bond donors (Lipinski definition) is 2. The molecule has 104 valence electrons. The molecule has 4 heteroatoms. The standard InChI is InChI=1S/C15H20ClNOS/c1-2-15(7-3-4-8-15)10-17-14(18)12-9-11(19)5-6-13(12)16/h5-6,9,19H,2-4,7-8,10H2,1H3,(H,17,18).